The number of rotatable bonds is 5. The first kappa shape index (κ1) is 17.1. The molecule has 1 aromatic carbocycles. The Bertz CT molecular complexity index is 749. The Kier molecular flexibility index (Phi) is 5.11. The molecule has 7 heteroatoms. The number of para-hydroxylation sites is 1. The van der Waals surface area contributed by atoms with Crippen molar-refractivity contribution in [3.63, 3.8) is 0 Å². The molecule has 0 unspecified atom stereocenters. The van der Waals surface area contributed by atoms with Gasteiger partial charge in [-0.3, -0.25) is 9.59 Å². The predicted molar refractivity (Wildman–Crippen MR) is 91.4 cm³/mol. The molecule has 2 aromatic rings. The molecule has 0 spiro atoms. The van der Waals surface area contributed by atoms with Crippen molar-refractivity contribution in [2.45, 2.75) is 32.6 Å². The van der Waals surface area contributed by atoms with E-state index in [2.05, 4.69) is 10.3 Å². The van der Waals surface area contributed by atoms with Crippen LogP contribution in [-0.2, 0) is 16.0 Å². The van der Waals surface area contributed by atoms with Crippen LogP contribution in [0.3, 0.4) is 0 Å². The fourth-order valence-electron chi connectivity index (χ4n) is 3.23. The van der Waals surface area contributed by atoms with Crippen molar-refractivity contribution < 1.29 is 14.7 Å². The zero-order valence-corrected chi connectivity index (χ0v) is 14.3. The fourth-order valence-corrected chi connectivity index (χ4v) is 3.23. The lowest BCUT2D eigenvalue weighted by Gasteiger charge is -2.31. The van der Waals surface area contributed by atoms with Gasteiger partial charge < -0.3 is 10.0 Å². The van der Waals surface area contributed by atoms with Crippen molar-refractivity contribution in [1.82, 2.24) is 19.9 Å². The van der Waals surface area contributed by atoms with E-state index in [1.807, 2.05) is 37.3 Å². The van der Waals surface area contributed by atoms with E-state index in [1.54, 1.807) is 9.58 Å². The number of piperidine rings is 1. The zero-order chi connectivity index (χ0) is 17.8. The smallest absolute Gasteiger partial charge is 0.303 e. The minimum Gasteiger partial charge on any atom is -0.481 e. The van der Waals surface area contributed by atoms with E-state index in [0.29, 0.717) is 18.8 Å². The van der Waals surface area contributed by atoms with Gasteiger partial charge in [-0.1, -0.05) is 23.4 Å². The van der Waals surface area contributed by atoms with Gasteiger partial charge in [0.1, 0.15) is 0 Å². The molecule has 0 bridgehead atoms. The maximum absolute atomic E-state index is 12.5. The summed E-state index contributed by atoms with van der Waals surface area (Å²) in [6.45, 7) is 3.14. The number of carbonyl (C=O) groups excluding carboxylic acids is 1. The van der Waals surface area contributed by atoms with Crippen LogP contribution in [0, 0.1) is 12.8 Å². The molecule has 1 aromatic heterocycles. The summed E-state index contributed by atoms with van der Waals surface area (Å²) >= 11 is 0. The quantitative estimate of drug-likeness (QED) is 0.895. The van der Waals surface area contributed by atoms with E-state index in [1.165, 1.54) is 0 Å². The third-order valence-electron chi connectivity index (χ3n) is 4.74. The molecule has 1 saturated heterocycles. The lowest BCUT2D eigenvalue weighted by Crippen LogP contribution is -2.39. The monoisotopic (exact) mass is 342 g/mol. The Hall–Kier alpha value is -2.70. The summed E-state index contributed by atoms with van der Waals surface area (Å²) in [4.78, 5) is 25.1. The largest absolute Gasteiger partial charge is 0.481 e. The van der Waals surface area contributed by atoms with Gasteiger partial charge in [0.15, 0.2) is 0 Å². The van der Waals surface area contributed by atoms with Crippen LogP contribution < -0.4 is 0 Å². The maximum Gasteiger partial charge on any atom is 0.303 e. The highest BCUT2D eigenvalue weighted by atomic mass is 16.4. The number of carbonyl (C=O) groups is 2. The first-order valence-corrected chi connectivity index (χ1v) is 8.50. The topological polar surface area (TPSA) is 88.3 Å². The molecular weight excluding hydrogens is 320 g/mol. The number of likely N-dealkylation sites (tertiary alicyclic amines) is 1. The molecule has 2 heterocycles. The average Bonchev–Trinajstić information content (AvgIpc) is 2.96. The zero-order valence-electron chi connectivity index (χ0n) is 14.3. The summed E-state index contributed by atoms with van der Waals surface area (Å²) in [7, 11) is 0. The Labute approximate surface area is 146 Å². The van der Waals surface area contributed by atoms with Gasteiger partial charge in [-0.05, 0) is 37.8 Å². The third-order valence-corrected chi connectivity index (χ3v) is 4.74. The minimum atomic E-state index is -0.766. The van der Waals surface area contributed by atoms with Gasteiger partial charge in [-0.15, -0.1) is 5.10 Å². The molecule has 1 aliphatic heterocycles. The molecule has 1 aliphatic rings. The molecule has 0 atom stereocenters. The number of carboxylic acids is 1. The molecule has 1 N–H and O–H groups in total. The summed E-state index contributed by atoms with van der Waals surface area (Å²) in [5, 5.41) is 17.2. The van der Waals surface area contributed by atoms with Crippen molar-refractivity contribution in [2.24, 2.45) is 5.92 Å². The van der Waals surface area contributed by atoms with Crippen molar-refractivity contribution in [1.29, 1.82) is 0 Å². The highest BCUT2D eigenvalue weighted by molar-refractivity contribution is 5.78. The van der Waals surface area contributed by atoms with Gasteiger partial charge in [-0.2, -0.15) is 0 Å². The summed E-state index contributed by atoms with van der Waals surface area (Å²) < 4.78 is 1.74. The summed E-state index contributed by atoms with van der Waals surface area (Å²) in [6, 6.07) is 9.69. The van der Waals surface area contributed by atoms with Gasteiger partial charge in [0.05, 0.1) is 23.5 Å². The SMILES string of the molecule is Cc1c(CC(=O)N2CCC(CC(=O)O)CC2)nnn1-c1ccccc1. The molecule has 25 heavy (non-hydrogen) atoms. The van der Waals surface area contributed by atoms with E-state index in [0.717, 1.165) is 24.2 Å². The van der Waals surface area contributed by atoms with Crippen LogP contribution in [0.1, 0.15) is 30.7 Å². The Balaban J connectivity index is 1.61. The van der Waals surface area contributed by atoms with E-state index in [4.69, 9.17) is 5.11 Å². The number of aromatic nitrogens is 3. The van der Waals surface area contributed by atoms with Gasteiger partial charge in [0.25, 0.3) is 0 Å². The molecule has 132 valence electrons. The maximum atomic E-state index is 12.5. The lowest BCUT2D eigenvalue weighted by atomic mass is 9.93. The molecule has 7 nitrogen and oxygen atoms in total. The Morgan fingerprint density at radius 3 is 2.52 bits per heavy atom. The second-order valence-corrected chi connectivity index (χ2v) is 6.47. The molecule has 3 rings (SSSR count). The number of hydrogen-bond acceptors (Lipinski definition) is 4. The standard InChI is InChI=1S/C18H22N4O3/c1-13-16(19-20-22(13)15-5-3-2-4-6-15)12-17(23)21-9-7-14(8-10-21)11-18(24)25/h2-6,14H,7-12H2,1H3,(H,24,25). The van der Waals surface area contributed by atoms with Gasteiger partial charge in [0, 0.05) is 19.5 Å². The highest BCUT2D eigenvalue weighted by Gasteiger charge is 2.25. The molecule has 0 radical (unpaired) electrons. The van der Waals surface area contributed by atoms with Crippen LogP contribution in [-0.4, -0.2) is 50.0 Å². The lowest BCUT2D eigenvalue weighted by molar-refractivity contribution is -0.138. The molecule has 1 amide bonds. The number of carboxylic acid groups (broad SMARTS) is 1. The normalized spacial score (nSPS) is 15.3. The van der Waals surface area contributed by atoms with Crippen LogP contribution in [0.25, 0.3) is 5.69 Å². The number of aliphatic carboxylic acids is 1. The predicted octanol–water partition coefficient (Wildman–Crippen LogP) is 1.83. The van der Waals surface area contributed by atoms with Crippen LogP contribution in [0.4, 0.5) is 0 Å². The van der Waals surface area contributed by atoms with Crippen molar-refractivity contribution in [3.05, 3.63) is 41.7 Å². The molecule has 0 saturated carbocycles. The van der Waals surface area contributed by atoms with E-state index < -0.39 is 5.97 Å². The minimum absolute atomic E-state index is 0.0250. The third kappa shape index (κ3) is 4.04. The fraction of sp³-hybridized carbons (Fsp3) is 0.444. The van der Waals surface area contributed by atoms with Gasteiger partial charge in [0.2, 0.25) is 5.91 Å². The summed E-state index contributed by atoms with van der Waals surface area (Å²) in [6.07, 6.45) is 1.90. The molecule has 0 aliphatic carbocycles. The molecule has 1 fully saturated rings. The van der Waals surface area contributed by atoms with E-state index in [9.17, 15) is 9.59 Å². The van der Waals surface area contributed by atoms with Gasteiger partial charge >= 0.3 is 5.97 Å². The van der Waals surface area contributed by atoms with E-state index in [-0.39, 0.29) is 24.7 Å². The van der Waals surface area contributed by atoms with Crippen molar-refractivity contribution in [2.75, 3.05) is 13.1 Å². The molecular formula is C18H22N4O3. The van der Waals surface area contributed by atoms with Gasteiger partial charge in [-0.25, -0.2) is 4.68 Å². The number of benzene rings is 1. The Morgan fingerprint density at radius 1 is 1.20 bits per heavy atom. The van der Waals surface area contributed by atoms with Crippen LogP contribution in [0.15, 0.2) is 30.3 Å². The number of nitrogens with zero attached hydrogens (tertiary/aromatic N) is 4. The number of amides is 1. The number of hydrogen-bond donors (Lipinski definition) is 1. The summed E-state index contributed by atoms with van der Waals surface area (Å²) in [5.74, 6) is -0.572. The second-order valence-electron chi connectivity index (χ2n) is 6.47. The second kappa shape index (κ2) is 7.46. The van der Waals surface area contributed by atoms with Crippen LogP contribution >= 0.6 is 0 Å². The van der Waals surface area contributed by atoms with Crippen LogP contribution in [0.2, 0.25) is 0 Å². The van der Waals surface area contributed by atoms with Crippen LogP contribution in [0.5, 0.6) is 0 Å². The summed E-state index contributed by atoms with van der Waals surface area (Å²) in [5.41, 5.74) is 2.46. The van der Waals surface area contributed by atoms with Crippen molar-refractivity contribution in [3.8, 4) is 5.69 Å². The average molecular weight is 342 g/mol. The highest BCUT2D eigenvalue weighted by Crippen LogP contribution is 2.21. The first-order chi connectivity index (χ1) is 12.0. The van der Waals surface area contributed by atoms with Crippen molar-refractivity contribution >= 4 is 11.9 Å². The Morgan fingerprint density at radius 2 is 1.88 bits per heavy atom. The first-order valence-electron chi connectivity index (χ1n) is 8.50. The van der Waals surface area contributed by atoms with E-state index >= 15 is 0 Å².